The van der Waals surface area contributed by atoms with E-state index >= 15 is 0 Å². The first-order valence-electron chi connectivity index (χ1n) is 9.62. The summed E-state index contributed by atoms with van der Waals surface area (Å²) in [7, 11) is 0. The molecule has 0 bridgehead atoms. The summed E-state index contributed by atoms with van der Waals surface area (Å²) in [5, 5.41) is 2.08. The number of benzene rings is 1. The van der Waals surface area contributed by atoms with Gasteiger partial charge in [-0.05, 0) is 28.0 Å². The molecule has 5 nitrogen and oxygen atoms in total. The summed E-state index contributed by atoms with van der Waals surface area (Å²) in [5.74, 6) is -1.53. The summed E-state index contributed by atoms with van der Waals surface area (Å²) in [4.78, 5) is 25.9. The van der Waals surface area contributed by atoms with Crippen LogP contribution in [0.4, 0.5) is 13.6 Å². The van der Waals surface area contributed by atoms with Gasteiger partial charge in [0, 0.05) is 12.1 Å². The first kappa shape index (κ1) is 18.2. The van der Waals surface area contributed by atoms with Gasteiger partial charge in [0.25, 0.3) is 0 Å². The third kappa shape index (κ3) is 2.83. The van der Waals surface area contributed by atoms with E-state index in [4.69, 9.17) is 9.47 Å². The molecule has 2 aliphatic carbocycles. The molecule has 4 aliphatic rings. The maximum atomic E-state index is 13.3. The first-order chi connectivity index (χ1) is 14.1. The van der Waals surface area contributed by atoms with Crippen molar-refractivity contribution in [2.45, 2.75) is 25.0 Å². The number of hydrogen-bond acceptors (Lipinski definition) is 4. The van der Waals surface area contributed by atoms with E-state index in [2.05, 4.69) is 18.2 Å². The fourth-order valence-corrected chi connectivity index (χ4v) is 4.69. The molecule has 29 heavy (non-hydrogen) atoms. The van der Waals surface area contributed by atoms with Gasteiger partial charge >= 0.3 is 6.09 Å². The maximum absolute atomic E-state index is 13.3. The van der Waals surface area contributed by atoms with Crippen LogP contribution in [0.5, 0.6) is 0 Å². The fourth-order valence-electron chi connectivity index (χ4n) is 4.69. The number of allylic oxidation sites excluding steroid dienone is 3. The third-order valence-electron chi connectivity index (χ3n) is 6.02. The molecule has 1 amide bonds. The molecule has 0 radical (unpaired) electrons. The molecule has 1 aromatic rings. The number of carbonyl (C=O) groups excluding carboxylic acids is 2. The molecule has 150 valence electrons. The average Bonchev–Trinajstić information content (AvgIpc) is 3.38. The summed E-state index contributed by atoms with van der Waals surface area (Å²) in [6.07, 6.45) is 2.64. The minimum absolute atomic E-state index is 0.0152. The summed E-state index contributed by atoms with van der Waals surface area (Å²) >= 11 is 0. The second-order valence-electron chi connectivity index (χ2n) is 7.59. The van der Waals surface area contributed by atoms with Crippen molar-refractivity contribution in [2.75, 3.05) is 19.8 Å². The van der Waals surface area contributed by atoms with E-state index < -0.39 is 30.6 Å². The van der Waals surface area contributed by atoms with E-state index in [0.29, 0.717) is 0 Å². The molecule has 2 aliphatic heterocycles. The molecule has 0 aromatic heterocycles. The number of halogens is 2. The van der Waals surface area contributed by atoms with Crippen LogP contribution in [0.1, 0.15) is 6.42 Å². The Bertz CT molecular complexity index is 1070. The van der Waals surface area contributed by atoms with Crippen LogP contribution in [0.15, 0.2) is 48.1 Å². The Morgan fingerprint density at radius 3 is 2.86 bits per heavy atom. The van der Waals surface area contributed by atoms with Crippen molar-refractivity contribution < 1.29 is 27.8 Å². The van der Waals surface area contributed by atoms with Crippen molar-refractivity contribution in [3.63, 3.8) is 0 Å². The number of rotatable bonds is 3. The van der Waals surface area contributed by atoms with Crippen LogP contribution >= 0.6 is 0 Å². The summed E-state index contributed by atoms with van der Waals surface area (Å²) in [6.45, 7) is -0.474. The van der Waals surface area contributed by atoms with E-state index in [-0.39, 0.29) is 25.5 Å². The predicted octanol–water partition coefficient (Wildman–Crippen LogP) is 1.56. The quantitative estimate of drug-likeness (QED) is 0.774. The van der Waals surface area contributed by atoms with Crippen LogP contribution in [-0.2, 0) is 14.3 Å². The van der Waals surface area contributed by atoms with Crippen molar-refractivity contribution in [1.29, 1.82) is 0 Å². The molecule has 2 heterocycles. The number of ether oxygens (including phenoxy) is 2. The molecular formula is C22H19F2NO4. The smallest absolute Gasteiger partial charge is 0.410 e. The maximum Gasteiger partial charge on any atom is 0.410 e. The summed E-state index contributed by atoms with van der Waals surface area (Å²) < 4.78 is 37.4. The Kier molecular flexibility index (Phi) is 4.35. The highest BCUT2D eigenvalue weighted by molar-refractivity contribution is 5.95. The number of amides is 1. The second-order valence-corrected chi connectivity index (χ2v) is 7.59. The molecule has 3 atom stereocenters. The number of Topliss-reactive ketones (excluding diaryl/α,β-unsaturated/α-hetero) is 1. The zero-order valence-corrected chi connectivity index (χ0v) is 15.5. The monoisotopic (exact) mass is 399 g/mol. The van der Waals surface area contributed by atoms with E-state index in [1.54, 1.807) is 0 Å². The lowest BCUT2D eigenvalue weighted by molar-refractivity contribution is -0.121. The molecule has 1 aromatic carbocycles. The van der Waals surface area contributed by atoms with Crippen LogP contribution in [0.25, 0.3) is 11.1 Å². The number of carbonyl (C=O) groups is 2. The number of alkyl halides is 2. The molecule has 7 heteroatoms. The molecular weight excluding hydrogens is 380 g/mol. The zero-order chi connectivity index (χ0) is 20.1. The van der Waals surface area contributed by atoms with Crippen molar-refractivity contribution in [2.24, 2.45) is 5.92 Å². The van der Waals surface area contributed by atoms with Crippen molar-refractivity contribution in [3.8, 4) is 0 Å². The first-order valence-corrected chi connectivity index (χ1v) is 9.62. The molecule has 0 spiro atoms. The Morgan fingerprint density at radius 2 is 2.07 bits per heavy atom. The number of likely N-dealkylation sites (tertiary alicyclic amines) is 1. The molecule has 2 fully saturated rings. The van der Waals surface area contributed by atoms with Gasteiger partial charge in [0.15, 0.2) is 5.78 Å². The normalized spacial score (nSPS) is 27.3. The van der Waals surface area contributed by atoms with E-state index in [9.17, 15) is 18.4 Å². The standard InChI is InChI=1S/C22H19F2NO4/c23-21(24)16-9-25(19-18(26)11-28-20(16)19)22(27)29-10-17-14-7-3-1-5-12(14)13-6-2-4-8-15(13)17/h1-3,5-8,16,19-21H,4,9-11H2/t16-,19+,20+/m0/s1. The molecule has 2 saturated heterocycles. The van der Waals surface area contributed by atoms with Gasteiger partial charge in [-0.2, -0.15) is 0 Å². The Hall–Kier alpha value is -2.80. The Labute approximate surface area is 165 Å². The number of hydrogen-bond donors (Lipinski definition) is 0. The van der Waals surface area contributed by atoms with Gasteiger partial charge in [0.05, 0.1) is 12.0 Å². The Balaban J connectivity index is 1.39. The van der Waals surface area contributed by atoms with Crippen LogP contribution in [-0.4, -0.2) is 55.1 Å². The molecule has 0 saturated carbocycles. The lowest BCUT2D eigenvalue weighted by Gasteiger charge is -2.21. The molecule has 0 unspecified atom stereocenters. The molecule has 0 N–H and O–H groups in total. The predicted molar refractivity (Wildman–Crippen MR) is 100 cm³/mol. The van der Waals surface area contributed by atoms with Gasteiger partial charge in [-0.1, -0.05) is 42.5 Å². The highest BCUT2D eigenvalue weighted by atomic mass is 19.3. The van der Waals surface area contributed by atoms with Crippen LogP contribution in [0, 0.1) is 5.92 Å². The number of fused-ring (bicyclic) bond motifs is 3. The SMILES string of the molecule is O=C1CO[C@@H]2[C@@H](C(F)F)CN(C(=O)OCC3=c4ccccc4=C4C=CCC=C43)[C@H]12. The van der Waals surface area contributed by atoms with Crippen molar-refractivity contribution in [1.82, 2.24) is 4.90 Å². The average molecular weight is 399 g/mol. The van der Waals surface area contributed by atoms with E-state index in [1.807, 2.05) is 24.3 Å². The van der Waals surface area contributed by atoms with Gasteiger partial charge in [0.1, 0.15) is 19.3 Å². The van der Waals surface area contributed by atoms with Crippen LogP contribution < -0.4 is 10.4 Å². The van der Waals surface area contributed by atoms with Crippen LogP contribution in [0.3, 0.4) is 0 Å². The fraction of sp³-hybridized carbons (Fsp3) is 0.364. The van der Waals surface area contributed by atoms with Gasteiger partial charge in [-0.25, -0.2) is 13.6 Å². The van der Waals surface area contributed by atoms with E-state index in [0.717, 1.165) is 38.5 Å². The lowest BCUT2D eigenvalue weighted by atomic mass is 9.97. The van der Waals surface area contributed by atoms with Gasteiger partial charge in [0.2, 0.25) is 6.43 Å². The topological polar surface area (TPSA) is 55.8 Å². The van der Waals surface area contributed by atoms with Crippen molar-refractivity contribution in [3.05, 3.63) is 58.5 Å². The molecule has 5 rings (SSSR count). The third-order valence-corrected chi connectivity index (χ3v) is 6.02. The Morgan fingerprint density at radius 1 is 1.28 bits per heavy atom. The highest BCUT2D eigenvalue weighted by Crippen LogP contribution is 2.36. The zero-order valence-electron chi connectivity index (χ0n) is 15.5. The highest BCUT2D eigenvalue weighted by Gasteiger charge is 2.55. The van der Waals surface area contributed by atoms with Gasteiger partial charge < -0.3 is 9.47 Å². The van der Waals surface area contributed by atoms with Gasteiger partial charge in [-0.3, -0.25) is 9.69 Å². The van der Waals surface area contributed by atoms with Gasteiger partial charge in [-0.15, -0.1) is 0 Å². The summed E-state index contributed by atoms with van der Waals surface area (Å²) in [6, 6.07) is 6.90. The van der Waals surface area contributed by atoms with E-state index in [1.165, 1.54) is 0 Å². The summed E-state index contributed by atoms with van der Waals surface area (Å²) in [5.41, 5.74) is 3.02. The second kappa shape index (κ2) is 6.91. The number of nitrogens with zero attached hydrogens (tertiary/aromatic N) is 1. The largest absolute Gasteiger partial charge is 0.444 e. The van der Waals surface area contributed by atoms with Crippen molar-refractivity contribution >= 4 is 23.0 Å². The minimum Gasteiger partial charge on any atom is -0.444 e. The van der Waals surface area contributed by atoms with Crippen LogP contribution in [0.2, 0.25) is 0 Å². The minimum atomic E-state index is -2.67. The number of ketones is 1. The lowest BCUT2D eigenvalue weighted by Crippen LogP contribution is -2.42.